The Hall–Kier alpha value is -5.67. The Morgan fingerprint density at radius 2 is 1.47 bits per heavy atom. The van der Waals surface area contributed by atoms with Crippen molar-refractivity contribution in [1.82, 2.24) is 4.58 Å². The summed E-state index contributed by atoms with van der Waals surface area (Å²) in [5.74, 6) is 0. The molecule has 0 fully saturated rings. The molecule has 0 atom stereocenters. The van der Waals surface area contributed by atoms with Gasteiger partial charge in [0.25, 0.3) is 0 Å². The van der Waals surface area contributed by atoms with Crippen molar-refractivity contribution in [2.75, 3.05) is 0 Å². The average Bonchev–Trinajstić information content (AvgIpc) is 3.42. The van der Waals surface area contributed by atoms with Gasteiger partial charge in [0.2, 0.25) is 11.4 Å². The number of aliphatic imine (C=N–C) groups is 1. The van der Waals surface area contributed by atoms with Crippen LogP contribution in [0, 0.1) is 5.41 Å². The standard InChI is InChI=1S/C44H40N3/c1-6-9-10-11-25-47-43-28-36(34-13-12-14-38(27-34)42(8-3)46-30(4)5)20-23-40(43)41-24-21-37-26-35(19-22-39(37)44(41)47)33-17-15-32(16-18-33)31(7-2)29-45/h6-30,45H,3H2,1-2,4-5H3/q+1/b9-6-,11-10-,31-7+,45-29?,46-42?,47-25?. The molecule has 1 N–H and O–H groups in total. The normalized spacial score (nSPS) is 14.0. The Kier molecular flexibility index (Phi) is 9.17. The lowest BCUT2D eigenvalue weighted by atomic mass is 9.95. The third kappa shape index (κ3) is 6.25. The summed E-state index contributed by atoms with van der Waals surface area (Å²) in [6.45, 7) is 12.2. The van der Waals surface area contributed by atoms with Crippen LogP contribution < -0.4 is 4.58 Å². The highest BCUT2D eigenvalue weighted by Gasteiger charge is 2.33. The molecular weight excluding hydrogens is 571 g/mol. The summed E-state index contributed by atoms with van der Waals surface area (Å²) in [5, 5.41) is 10.1. The summed E-state index contributed by atoms with van der Waals surface area (Å²) in [6, 6.07) is 35.3. The van der Waals surface area contributed by atoms with Gasteiger partial charge in [0.1, 0.15) is 0 Å². The van der Waals surface area contributed by atoms with E-state index in [0.29, 0.717) is 0 Å². The van der Waals surface area contributed by atoms with Gasteiger partial charge < -0.3 is 5.41 Å². The average molecular weight is 611 g/mol. The van der Waals surface area contributed by atoms with Crippen molar-refractivity contribution < 1.29 is 0 Å². The molecule has 47 heavy (non-hydrogen) atoms. The topological polar surface area (TPSA) is 39.2 Å². The predicted octanol–water partition coefficient (Wildman–Crippen LogP) is 11.6. The van der Waals surface area contributed by atoms with Crippen LogP contribution in [-0.4, -0.2) is 24.2 Å². The molecule has 230 valence electrons. The minimum Gasteiger partial charge on any atom is -0.308 e. The fraction of sp³-hybridized carbons (Fsp3) is 0.114. The van der Waals surface area contributed by atoms with E-state index < -0.39 is 0 Å². The van der Waals surface area contributed by atoms with Crippen LogP contribution in [0.1, 0.15) is 38.8 Å². The second kappa shape index (κ2) is 13.8. The Labute approximate surface area is 278 Å². The fourth-order valence-electron chi connectivity index (χ4n) is 6.26. The molecule has 5 aromatic carbocycles. The molecule has 0 spiro atoms. The molecular formula is C44H40N3+. The van der Waals surface area contributed by atoms with Crippen LogP contribution in [0.3, 0.4) is 0 Å². The Bertz CT molecular complexity index is 2150. The minimum atomic E-state index is 0.195. The molecule has 3 heteroatoms. The van der Waals surface area contributed by atoms with Gasteiger partial charge in [-0.25, -0.2) is 0 Å². The van der Waals surface area contributed by atoms with E-state index in [2.05, 4.69) is 140 Å². The lowest BCUT2D eigenvalue weighted by Gasteiger charge is -2.08. The van der Waals surface area contributed by atoms with Crippen LogP contribution in [0.25, 0.3) is 49.7 Å². The lowest BCUT2D eigenvalue weighted by Crippen LogP contribution is -2.02. The molecule has 1 heterocycles. The van der Waals surface area contributed by atoms with E-state index in [9.17, 15) is 0 Å². The summed E-state index contributed by atoms with van der Waals surface area (Å²) in [5.41, 5.74) is 13.4. The number of hydrogen-bond donors (Lipinski definition) is 1. The van der Waals surface area contributed by atoms with Crippen molar-refractivity contribution >= 4 is 45.9 Å². The van der Waals surface area contributed by atoms with Crippen molar-refractivity contribution in [3.63, 3.8) is 0 Å². The number of hydrogen-bond acceptors (Lipinski definition) is 2. The van der Waals surface area contributed by atoms with Gasteiger partial charge in [-0.2, -0.15) is 4.58 Å². The zero-order valence-corrected chi connectivity index (χ0v) is 27.5. The van der Waals surface area contributed by atoms with Gasteiger partial charge in [-0.05, 0) is 103 Å². The molecule has 1 aliphatic rings. The Balaban J connectivity index is 1.44. The van der Waals surface area contributed by atoms with Crippen molar-refractivity contribution in [2.45, 2.75) is 33.7 Å². The van der Waals surface area contributed by atoms with Crippen molar-refractivity contribution in [1.29, 1.82) is 5.41 Å². The van der Waals surface area contributed by atoms with Crippen LogP contribution in [-0.2, 0) is 0 Å². The molecule has 0 saturated heterocycles. The summed E-state index contributed by atoms with van der Waals surface area (Å²) in [6.07, 6.45) is 15.6. The third-order valence-electron chi connectivity index (χ3n) is 8.53. The van der Waals surface area contributed by atoms with Crippen molar-refractivity contribution in [3.05, 3.63) is 151 Å². The molecule has 0 aromatic heterocycles. The number of fused-ring (bicyclic) bond motifs is 5. The van der Waals surface area contributed by atoms with E-state index in [4.69, 9.17) is 10.4 Å². The second-order valence-corrected chi connectivity index (χ2v) is 11.9. The monoisotopic (exact) mass is 610 g/mol. The highest BCUT2D eigenvalue weighted by Crippen LogP contribution is 2.49. The van der Waals surface area contributed by atoms with Crippen LogP contribution >= 0.6 is 0 Å². The molecule has 5 aromatic rings. The molecule has 3 nitrogen and oxygen atoms in total. The van der Waals surface area contributed by atoms with E-state index in [1.165, 1.54) is 39.4 Å². The summed E-state index contributed by atoms with van der Waals surface area (Å²) in [4.78, 5) is 4.78. The largest absolute Gasteiger partial charge is 0.308 e. The van der Waals surface area contributed by atoms with E-state index in [1.54, 1.807) is 0 Å². The van der Waals surface area contributed by atoms with Gasteiger partial charge in [-0.1, -0.05) is 91.5 Å². The first-order valence-corrected chi connectivity index (χ1v) is 16.2. The van der Waals surface area contributed by atoms with E-state index in [1.807, 2.05) is 38.2 Å². The predicted molar refractivity (Wildman–Crippen MR) is 206 cm³/mol. The number of rotatable bonds is 9. The van der Waals surface area contributed by atoms with Crippen molar-refractivity contribution in [2.24, 2.45) is 4.99 Å². The number of benzene rings is 5. The quantitative estimate of drug-likeness (QED) is 0.0961. The SMILES string of the molecule is C=CC(=NC(C)C)c1cccc(-c2ccc3c(c2)[N+](=C/C=C\C=C/C)c2c-3ccc3cc(-c4ccc(/C(C=N)=C/C)cc4)ccc23)c1. The Morgan fingerprint density at radius 3 is 2.19 bits per heavy atom. The molecule has 0 saturated carbocycles. The second-order valence-electron chi connectivity index (χ2n) is 11.9. The first-order valence-electron chi connectivity index (χ1n) is 16.2. The maximum absolute atomic E-state index is 7.69. The van der Waals surface area contributed by atoms with E-state index in [-0.39, 0.29) is 6.04 Å². The summed E-state index contributed by atoms with van der Waals surface area (Å²) >= 11 is 0. The maximum Gasteiger partial charge on any atom is 0.227 e. The molecule has 1 aliphatic heterocycles. The molecule has 6 rings (SSSR count). The van der Waals surface area contributed by atoms with Gasteiger partial charge in [0.05, 0.1) is 22.2 Å². The van der Waals surface area contributed by atoms with Crippen LogP contribution in [0.2, 0.25) is 0 Å². The molecule has 0 aliphatic carbocycles. The molecule has 0 radical (unpaired) electrons. The van der Waals surface area contributed by atoms with Gasteiger partial charge in [-0.15, -0.1) is 0 Å². The summed E-state index contributed by atoms with van der Waals surface area (Å²) in [7, 11) is 0. The highest BCUT2D eigenvalue weighted by molar-refractivity contribution is 6.11. The van der Waals surface area contributed by atoms with Gasteiger partial charge >= 0.3 is 0 Å². The minimum absolute atomic E-state index is 0.195. The Morgan fingerprint density at radius 1 is 0.745 bits per heavy atom. The molecule has 0 unspecified atom stereocenters. The smallest absolute Gasteiger partial charge is 0.227 e. The van der Waals surface area contributed by atoms with E-state index in [0.717, 1.165) is 44.8 Å². The van der Waals surface area contributed by atoms with Crippen molar-refractivity contribution in [3.8, 4) is 33.4 Å². The third-order valence-corrected chi connectivity index (χ3v) is 8.53. The van der Waals surface area contributed by atoms with Crippen LogP contribution in [0.4, 0.5) is 11.4 Å². The molecule has 0 bridgehead atoms. The molecule has 0 amide bonds. The number of allylic oxidation sites excluding steroid dienone is 7. The fourth-order valence-corrected chi connectivity index (χ4v) is 6.26. The first-order chi connectivity index (χ1) is 22.9. The van der Waals surface area contributed by atoms with Crippen LogP contribution in [0.15, 0.2) is 145 Å². The zero-order chi connectivity index (χ0) is 32.9. The summed E-state index contributed by atoms with van der Waals surface area (Å²) < 4.78 is 2.33. The maximum atomic E-state index is 7.69. The first kappa shape index (κ1) is 31.3. The number of nitrogens with zero attached hydrogens (tertiary/aromatic N) is 2. The zero-order valence-electron chi connectivity index (χ0n) is 27.5. The van der Waals surface area contributed by atoms with Gasteiger partial charge in [0, 0.05) is 30.0 Å². The number of nitrogens with one attached hydrogen (secondary N) is 1. The highest BCUT2D eigenvalue weighted by atomic mass is 15.0. The van der Waals surface area contributed by atoms with Crippen LogP contribution in [0.5, 0.6) is 0 Å². The lowest BCUT2D eigenvalue weighted by molar-refractivity contribution is 0.837. The van der Waals surface area contributed by atoms with E-state index >= 15 is 0 Å². The van der Waals surface area contributed by atoms with Gasteiger partial charge in [0.15, 0.2) is 6.21 Å². The van der Waals surface area contributed by atoms with Gasteiger partial charge in [-0.3, -0.25) is 4.99 Å².